The van der Waals surface area contributed by atoms with Gasteiger partial charge in [-0.1, -0.05) is 17.8 Å². The Bertz CT molecular complexity index is 582. The number of thioether (sulfide) groups is 1. The lowest BCUT2D eigenvalue weighted by Gasteiger charge is -2.06. The number of hydrogen-bond acceptors (Lipinski definition) is 4. The molecule has 0 atom stereocenters. The molecule has 0 bridgehead atoms. The molecule has 2 rings (SSSR count). The van der Waals surface area contributed by atoms with E-state index in [2.05, 4.69) is 10.3 Å². The van der Waals surface area contributed by atoms with E-state index >= 15 is 0 Å². The first-order valence-electron chi connectivity index (χ1n) is 6.40. The van der Waals surface area contributed by atoms with E-state index < -0.39 is 0 Å². The second-order valence-electron chi connectivity index (χ2n) is 4.45. The predicted molar refractivity (Wildman–Crippen MR) is 82.7 cm³/mol. The maximum atomic E-state index is 11.8. The van der Waals surface area contributed by atoms with Gasteiger partial charge >= 0.3 is 0 Å². The Hall–Kier alpha value is -1.95. The molecule has 0 aliphatic rings. The maximum Gasteiger partial charge on any atom is 0.224 e. The number of rotatable bonds is 6. The van der Waals surface area contributed by atoms with E-state index in [0.717, 1.165) is 23.0 Å². The number of aryl methyl sites for hydroxylation is 1. The molecule has 20 heavy (non-hydrogen) atoms. The molecule has 0 spiro atoms. The number of anilines is 2. The van der Waals surface area contributed by atoms with Gasteiger partial charge in [-0.05, 0) is 24.6 Å². The first-order chi connectivity index (χ1) is 9.65. The summed E-state index contributed by atoms with van der Waals surface area (Å²) in [5, 5.41) is 3.81. The van der Waals surface area contributed by atoms with Crippen LogP contribution in [-0.4, -0.2) is 21.2 Å². The van der Waals surface area contributed by atoms with Gasteiger partial charge in [-0.2, -0.15) is 0 Å². The summed E-state index contributed by atoms with van der Waals surface area (Å²) in [5.41, 5.74) is 7.05. The zero-order valence-electron chi connectivity index (χ0n) is 11.4. The number of nitrogen functional groups attached to an aromatic ring is 1. The summed E-state index contributed by atoms with van der Waals surface area (Å²) in [6.07, 6.45) is 4.99. The molecule has 3 N–H and O–H groups in total. The Balaban J connectivity index is 1.69. The van der Waals surface area contributed by atoms with Crippen molar-refractivity contribution in [1.29, 1.82) is 0 Å². The highest BCUT2D eigenvalue weighted by Gasteiger charge is 2.04. The van der Waals surface area contributed by atoms with Gasteiger partial charge in [-0.3, -0.25) is 4.79 Å². The molecule has 1 aromatic heterocycles. The molecule has 0 aliphatic heterocycles. The molecule has 0 unspecified atom stereocenters. The summed E-state index contributed by atoms with van der Waals surface area (Å²) in [4.78, 5) is 16.0. The largest absolute Gasteiger partial charge is 0.399 e. The highest BCUT2D eigenvalue weighted by Crippen LogP contribution is 2.17. The Morgan fingerprint density at radius 3 is 3.05 bits per heavy atom. The first-order valence-corrected chi connectivity index (χ1v) is 7.39. The maximum absolute atomic E-state index is 11.8. The Morgan fingerprint density at radius 1 is 1.50 bits per heavy atom. The van der Waals surface area contributed by atoms with Crippen molar-refractivity contribution < 1.29 is 4.79 Å². The number of nitrogens with zero attached hydrogens (tertiary/aromatic N) is 2. The minimum absolute atomic E-state index is 0.0102. The standard InChI is InChI=1S/C14H18N4OS/c1-18-8-7-16-14(18)20-9-3-6-13(19)17-12-5-2-4-11(15)10-12/h2,4-5,7-8,10H,3,6,9,15H2,1H3,(H,17,19). The van der Waals surface area contributed by atoms with Gasteiger partial charge in [0.15, 0.2) is 5.16 Å². The summed E-state index contributed by atoms with van der Waals surface area (Å²) in [7, 11) is 1.96. The summed E-state index contributed by atoms with van der Waals surface area (Å²) < 4.78 is 1.97. The molecule has 0 saturated heterocycles. The smallest absolute Gasteiger partial charge is 0.224 e. The van der Waals surface area contributed by atoms with Crippen LogP contribution in [0.3, 0.4) is 0 Å². The van der Waals surface area contributed by atoms with Crippen LogP contribution in [0.2, 0.25) is 0 Å². The zero-order valence-corrected chi connectivity index (χ0v) is 12.2. The fraction of sp³-hybridized carbons (Fsp3) is 0.286. The van der Waals surface area contributed by atoms with Gasteiger partial charge < -0.3 is 15.6 Å². The third-order valence-electron chi connectivity index (χ3n) is 2.73. The molecule has 1 heterocycles. The van der Waals surface area contributed by atoms with Crippen LogP contribution in [0.5, 0.6) is 0 Å². The van der Waals surface area contributed by atoms with Crippen molar-refractivity contribution in [3.63, 3.8) is 0 Å². The molecule has 1 amide bonds. The van der Waals surface area contributed by atoms with Gasteiger partial charge in [-0.25, -0.2) is 4.98 Å². The van der Waals surface area contributed by atoms with E-state index in [4.69, 9.17) is 5.73 Å². The molecule has 0 radical (unpaired) electrons. The van der Waals surface area contributed by atoms with E-state index in [0.29, 0.717) is 12.1 Å². The van der Waals surface area contributed by atoms with Crippen LogP contribution < -0.4 is 11.1 Å². The van der Waals surface area contributed by atoms with E-state index in [1.165, 1.54) is 0 Å². The average molecular weight is 290 g/mol. The number of amides is 1. The van der Waals surface area contributed by atoms with E-state index in [-0.39, 0.29) is 5.91 Å². The number of nitrogens with one attached hydrogen (secondary N) is 1. The molecule has 2 aromatic rings. The lowest BCUT2D eigenvalue weighted by molar-refractivity contribution is -0.116. The van der Waals surface area contributed by atoms with Crippen molar-refractivity contribution in [2.75, 3.05) is 16.8 Å². The van der Waals surface area contributed by atoms with Crippen LogP contribution in [0.15, 0.2) is 41.8 Å². The van der Waals surface area contributed by atoms with Crippen LogP contribution in [0.25, 0.3) is 0 Å². The minimum Gasteiger partial charge on any atom is -0.399 e. The predicted octanol–water partition coefficient (Wildman–Crippen LogP) is 2.51. The highest BCUT2D eigenvalue weighted by molar-refractivity contribution is 7.99. The fourth-order valence-corrected chi connectivity index (χ4v) is 2.60. The molecule has 0 saturated carbocycles. The van der Waals surface area contributed by atoms with E-state index in [1.54, 1.807) is 30.1 Å². The molecule has 6 heteroatoms. The molecule has 106 valence electrons. The summed E-state index contributed by atoms with van der Waals surface area (Å²) in [6, 6.07) is 7.19. The number of benzene rings is 1. The molecular weight excluding hydrogens is 272 g/mol. The second-order valence-corrected chi connectivity index (χ2v) is 5.51. The highest BCUT2D eigenvalue weighted by atomic mass is 32.2. The summed E-state index contributed by atoms with van der Waals surface area (Å²) in [6.45, 7) is 0. The van der Waals surface area contributed by atoms with Gasteiger partial charge in [0.2, 0.25) is 5.91 Å². The molecule has 5 nitrogen and oxygen atoms in total. The molecule has 0 aliphatic carbocycles. The van der Waals surface area contributed by atoms with Crippen LogP contribution in [0, 0.1) is 0 Å². The van der Waals surface area contributed by atoms with E-state index in [9.17, 15) is 4.79 Å². The number of aromatic nitrogens is 2. The number of carbonyl (C=O) groups excluding carboxylic acids is 1. The topological polar surface area (TPSA) is 72.9 Å². The monoisotopic (exact) mass is 290 g/mol. The normalized spacial score (nSPS) is 10.4. The Morgan fingerprint density at radius 2 is 2.35 bits per heavy atom. The lowest BCUT2D eigenvalue weighted by atomic mass is 10.2. The van der Waals surface area contributed by atoms with Crippen LogP contribution in [-0.2, 0) is 11.8 Å². The van der Waals surface area contributed by atoms with Gasteiger partial charge in [0.25, 0.3) is 0 Å². The number of imidazole rings is 1. The molecule has 1 aromatic carbocycles. The van der Waals surface area contributed by atoms with Gasteiger partial charge in [0, 0.05) is 43.0 Å². The minimum atomic E-state index is 0.0102. The SMILES string of the molecule is Cn1ccnc1SCCCC(=O)Nc1cccc(N)c1. The Kier molecular flexibility index (Phi) is 5.06. The van der Waals surface area contributed by atoms with Crippen molar-refractivity contribution >= 4 is 29.0 Å². The summed E-state index contributed by atoms with van der Waals surface area (Å²) in [5.74, 6) is 0.880. The molecule has 0 fully saturated rings. The van der Waals surface area contributed by atoms with Crippen molar-refractivity contribution in [2.24, 2.45) is 7.05 Å². The van der Waals surface area contributed by atoms with Crippen molar-refractivity contribution in [3.05, 3.63) is 36.7 Å². The summed E-state index contributed by atoms with van der Waals surface area (Å²) >= 11 is 1.66. The van der Waals surface area contributed by atoms with E-state index in [1.807, 2.05) is 29.9 Å². The number of hydrogen-bond donors (Lipinski definition) is 2. The fourth-order valence-electron chi connectivity index (χ4n) is 1.73. The Labute approximate surface area is 122 Å². The van der Waals surface area contributed by atoms with Crippen molar-refractivity contribution in [2.45, 2.75) is 18.0 Å². The van der Waals surface area contributed by atoms with Gasteiger partial charge in [0.1, 0.15) is 0 Å². The third-order valence-corrected chi connectivity index (χ3v) is 3.87. The van der Waals surface area contributed by atoms with Crippen LogP contribution in [0.4, 0.5) is 11.4 Å². The van der Waals surface area contributed by atoms with Crippen LogP contribution >= 0.6 is 11.8 Å². The first kappa shape index (κ1) is 14.5. The molecular formula is C14H18N4OS. The average Bonchev–Trinajstić information content (AvgIpc) is 2.80. The zero-order chi connectivity index (χ0) is 14.4. The van der Waals surface area contributed by atoms with Crippen molar-refractivity contribution in [3.8, 4) is 0 Å². The van der Waals surface area contributed by atoms with Crippen molar-refractivity contribution in [1.82, 2.24) is 9.55 Å². The van der Waals surface area contributed by atoms with Gasteiger partial charge in [0.05, 0.1) is 0 Å². The quantitative estimate of drug-likeness (QED) is 0.487. The van der Waals surface area contributed by atoms with Gasteiger partial charge in [-0.15, -0.1) is 0 Å². The third kappa shape index (κ3) is 4.31. The van der Waals surface area contributed by atoms with Crippen LogP contribution in [0.1, 0.15) is 12.8 Å². The lowest BCUT2D eigenvalue weighted by Crippen LogP contribution is -2.11. The number of nitrogens with two attached hydrogens (primary N) is 1. The second kappa shape index (κ2) is 7.00. The number of carbonyl (C=O) groups is 1.